The number of nitrogens with two attached hydrogens (primary N) is 1. The molecule has 13 heavy (non-hydrogen) atoms. The number of likely N-dealkylation sites (tertiary alicyclic amines) is 1. The molecule has 1 aliphatic rings. The average molecular weight is 182 g/mol. The van der Waals surface area contributed by atoms with Gasteiger partial charge in [-0.1, -0.05) is 6.08 Å². The van der Waals surface area contributed by atoms with Crippen LogP contribution in [0.3, 0.4) is 0 Å². The molecule has 0 aromatic carbocycles. The van der Waals surface area contributed by atoms with Gasteiger partial charge in [0.1, 0.15) is 0 Å². The average Bonchev–Trinajstić information content (AvgIpc) is 2.19. The highest BCUT2D eigenvalue weighted by molar-refractivity contribution is 4.74. The van der Waals surface area contributed by atoms with Crippen molar-refractivity contribution in [1.29, 1.82) is 0 Å². The molecule has 1 aliphatic heterocycles. The summed E-state index contributed by atoms with van der Waals surface area (Å²) in [5.41, 5.74) is 5.64. The molecule has 0 atom stereocenters. The minimum Gasteiger partial charge on any atom is -0.330 e. The van der Waals surface area contributed by atoms with E-state index < -0.39 is 0 Å². The Bertz CT molecular complexity index is 137. The molecule has 0 aromatic heterocycles. The third-order valence-corrected chi connectivity index (χ3v) is 2.92. The maximum absolute atomic E-state index is 5.64. The van der Waals surface area contributed by atoms with Crippen molar-refractivity contribution in [3.8, 4) is 0 Å². The van der Waals surface area contributed by atoms with Gasteiger partial charge in [-0.3, -0.25) is 0 Å². The van der Waals surface area contributed by atoms with E-state index in [2.05, 4.69) is 11.5 Å². The Morgan fingerprint density at radius 2 is 2.08 bits per heavy atom. The molecule has 1 rings (SSSR count). The SMILES string of the molecule is C=CCCCN1CCC(CN)CC1. The van der Waals surface area contributed by atoms with Gasteiger partial charge in [0.05, 0.1) is 0 Å². The fraction of sp³-hybridized carbons (Fsp3) is 0.818. The van der Waals surface area contributed by atoms with Gasteiger partial charge in [-0.2, -0.15) is 0 Å². The Labute approximate surface area is 81.8 Å². The summed E-state index contributed by atoms with van der Waals surface area (Å²) in [7, 11) is 0. The van der Waals surface area contributed by atoms with Crippen LogP contribution in [0.2, 0.25) is 0 Å². The molecule has 0 saturated carbocycles. The highest BCUT2D eigenvalue weighted by Gasteiger charge is 2.16. The number of hydrogen-bond acceptors (Lipinski definition) is 2. The van der Waals surface area contributed by atoms with Crippen LogP contribution in [-0.2, 0) is 0 Å². The minimum absolute atomic E-state index is 0.788. The van der Waals surface area contributed by atoms with Crippen LogP contribution < -0.4 is 5.73 Å². The lowest BCUT2D eigenvalue weighted by atomic mass is 9.97. The number of hydrogen-bond donors (Lipinski definition) is 1. The monoisotopic (exact) mass is 182 g/mol. The summed E-state index contributed by atoms with van der Waals surface area (Å²) in [6.07, 6.45) is 7.01. The van der Waals surface area contributed by atoms with Crippen LogP contribution in [0, 0.1) is 5.92 Å². The second-order valence-electron chi connectivity index (χ2n) is 3.95. The van der Waals surface area contributed by atoms with Crippen molar-refractivity contribution in [2.24, 2.45) is 11.7 Å². The van der Waals surface area contributed by atoms with E-state index in [1.807, 2.05) is 6.08 Å². The molecule has 0 spiro atoms. The molecular formula is C11H22N2. The van der Waals surface area contributed by atoms with Crippen molar-refractivity contribution in [2.75, 3.05) is 26.2 Å². The minimum atomic E-state index is 0.788. The molecular weight excluding hydrogens is 160 g/mol. The predicted molar refractivity (Wildman–Crippen MR) is 57.6 cm³/mol. The second-order valence-corrected chi connectivity index (χ2v) is 3.95. The smallest absolute Gasteiger partial charge is 0.00156 e. The van der Waals surface area contributed by atoms with Crippen LogP contribution in [0.25, 0.3) is 0 Å². The maximum atomic E-state index is 5.64. The molecule has 0 radical (unpaired) electrons. The van der Waals surface area contributed by atoms with Gasteiger partial charge < -0.3 is 10.6 Å². The van der Waals surface area contributed by atoms with E-state index in [9.17, 15) is 0 Å². The maximum Gasteiger partial charge on any atom is -0.00156 e. The fourth-order valence-corrected chi connectivity index (χ4v) is 1.90. The highest BCUT2D eigenvalue weighted by Crippen LogP contribution is 2.15. The standard InChI is InChI=1S/C11H22N2/c1-2-3-4-7-13-8-5-11(10-12)6-9-13/h2,11H,1,3-10,12H2. The zero-order chi connectivity index (χ0) is 9.52. The summed E-state index contributed by atoms with van der Waals surface area (Å²) < 4.78 is 0. The lowest BCUT2D eigenvalue weighted by molar-refractivity contribution is 0.186. The number of allylic oxidation sites excluding steroid dienone is 1. The normalized spacial score (nSPS) is 20.4. The van der Waals surface area contributed by atoms with Crippen LogP contribution >= 0.6 is 0 Å². The van der Waals surface area contributed by atoms with Crippen molar-refractivity contribution in [3.05, 3.63) is 12.7 Å². The first-order valence-electron chi connectivity index (χ1n) is 5.40. The van der Waals surface area contributed by atoms with Gasteiger partial charge in [-0.05, 0) is 57.8 Å². The van der Waals surface area contributed by atoms with Crippen LogP contribution in [0.1, 0.15) is 25.7 Å². The predicted octanol–water partition coefficient (Wildman–Crippen LogP) is 1.62. The van der Waals surface area contributed by atoms with Gasteiger partial charge in [0.2, 0.25) is 0 Å². The van der Waals surface area contributed by atoms with Gasteiger partial charge in [0.25, 0.3) is 0 Å². The van der Waals surface area contributed by atoms with E-state index in [0.717, 1.165) is 18.9 Å². The Kier molecular flexibility index (Phi) is 5.09. The van der Waals surface area contributed by atoms with Crippen LogP contribution in [0.15, 0.2) is 12.7 Å². The molecule has 2 nitrogen and oxygen atoms in total. The molecule has 2 N–H and O–H groups in total. The van der Waals surface area contributed by atoms with Crippen molar-refractivity contribution < 1.29 is 0 Å². The molecule has 76 valence electrons. The number of unbranched alkanes of at least 4 members (excludes halogenated alkanes) is 1. The fourth-order valence-electron chi connectivity index (χ4n) is 1.90. The molecule has 1 fully saturated rings. The van der Waals surface area contributed by atoms with E-state index in [0.29, 0.717) is 0 Å². The molecule has 0 aromatic rings. The zero-order valence-corrected chi connectivity index (χ0v) is 8.54. The summed E-state index contributed by atoms with van der Waals surface area (Å²) in [4.78, 5) is 2.55. The van der Waals surface area contributed by atoms with Gasteiger partial charge in [-0.15, -0.1) is 6.58 Å². The summed E-state index contributed by atoms with van der Waals surface area (Å²) in [5, 5.41) is 0. The van der Waals surface area contributed by atoms with Gasteiger partial charge in [0.15, 0.2) is 0 Å². The molecule has 1 saturated heterocycles. The van der Waals surface area contributed by atoms with Crippen LogP contribution in [0.5, 0.6) is 0 Å². The summed E-state index contributed by atoms with van der Waals surface area (Å²) in [6, 6.07) is 0. The van der Waals surface area contributed by atoms with Gasteiger partial charge >= 0.3 is 0 Å². The zero-order valence-electron chi connectivity index (χ0n) is 8.54. The van der Waals surface area contributed by atoms with Crippen LogP contribution in [-0.4, -0.2) is 31.1 Å². The van der Waals surface area contributed by atoms with Crippen molar-refractivity contribution in [1.82, 2.24) is 4.90 Å². The lowest BCUT2D eigenvalue weighted by Crippen LogP contribution is -2.36. The Morgan fingerprint density at radius 1 is 1.38 bits per heavy atom. The Balaban J connectivity index is 2.06. The second kappa shape index (κ2) is 6.17. The van der Waals surface area contributed by atoms with Crippen molar-refractivity contribution in [2.45, 2.75) is 25.7 Å². The first-order chi connectivity index (χ1) is 6.36. The van der Waals surface area contributed by atoms with E-state index in [4.69, 9.17) is 5.73 Å². The number of piperidine rings is 1. The lowest BCUT2D eigenvalue weighted by Gasteiger charge is -2.31. The topological polar surface area (TPSA) is 29.3 Å². The number of rotatable bonds is 5. The Hall–Kier alpha value is -0.340. The summed E-state index contributed by atoms with van der Waals surface area (Å²) in [5.74, 6) is 0.788. The van der Waals surface area contributed by atoms with Crippen LogP contribution in [0.4, 0.5) is 0 Å². The first kappa shape index (κ1) is 10.7. The molecule has 0 aliphatic carbocycles. The Morgan fingerprint density at radius 3 is 2.62 bits per heavy atom. The van der Waals surface area contributed by atoms with E-state index in [1.165, 1.54) is 38.9 Å². The highest BCUT2D eigenvalue weighted by atomic mass is 15.1. The third kappa shape index (κ3) is 3.92. The molecule has 0 bridgehead atoms. The van der Waals surface area contributed by atoms with E-state index in [1.54, 1.807) is 0 Å². The molecule has 0 amide bonds. The van der Waals surface area contributed by atoms with E-state index in [-0.39, 0.29) is 0 Å². The molecule has 0 unspecified atom stereocenters. The van der Waals surface area contributed by atoms with Gasteiger partial charge in [-0.25, -0.2) is 0 Å². The summed E-state index contributed by atoms with van der Waals surface area (Å²) >= 11 is 0. The quantitative estimate of drug-likeness (QED) is 0.517. The van der Waals surface area contributed by atoms with E-state index >= 15 is 0 Å². The van der Waals surface area contributed by atoms with Crippen molar-refractivity contribution in [3.63, 3.8) is 0 Å². The molecule has 1 heterocycles. The first-order valence-corrected chi connectivity index (χ1v) is 5.40. The third-order valence-electron chi connectivity index (χ3n) is 2.92. The van der Waals surface area contributed by atoms with Crippen molar-refractivity contribution >= 4 is 0 Å². The van der Waals surface area contributed by atoms with Gasteiger partial charge in [0, 0.05) is 0 Å². The summed E-state index contributed by atoms with van der Waals surface area (Å²) in [6.45, 7) is 8.35. The molecule has 2 heteroatoms. The largest absolute Gasteiger partial charge is 0.330 e. The number of nitrogens with zero attached hydrogens (tertiary/aromatic N) is 1.